The van der Waals surface area contributed by atoms with Gasteiger partial charge in [-0.15, -0.1) is 0 Å². The fourth-order valence-corrected chi connectivity index (χ4v) is 6.16. The highest BCUT2D eigenvalue weighted by Crippen LogP contribution is 2.39. The van der Waals surface area contributed by atoms with Crippen LogP contribution in [0.15, 0.2) is 104 Å². The van der Waals surface area contributed by atoms with Gasteiger partial charge in [-0.25, -0.2) is 4.98 Å². The molecule has 0 aliphatic carbocycles. The van der Waals surface area contributed by atoms with Crippen LogP contribution >= 0.6 is 0 Å². The van der Waals surface area contributed by atoms with Crippen LogP contribution in [0.2, 0.25) is 0 Å². The number of fused-ring (bicyclic) bond motifs is 4. The van der Waals surface area contributed by atoms with Gasteiger partial charge in [-0.2, -0.15) is 0 Å². The number of rotatable bonds is 4. The summed E-state index contributed by atoms with van der Waals surface area (Å²) in [5, 5.41) is 2.38. The summed E-state index contributed by atoms with van der Waals surface area (Å²) in [6.45, 7) is 11.0. The van der Waals surface area contributed by atoms with Crippen LogP contribution in [0.5, 0.6) is 11.5 Å². The van der Waals surface area contributed by atoms with Gasteiger partial charge in [-0.3, -0.25) is 4.57 Å². The van der Waals surface area contributed by atoms with E-state index >= 15 is 0 Å². The van der Waals surface area contributed by atoms with Gasteiger partial charge in [-0.05, 0) is 84.5 Å². The summed E-state index contributed by atoms with van der Waals surface area (Å²) in [6, 6.07) is 23.8. The van der Waals surface area contributed by atoms with Crippen molar-refractivity contribution in [3.63, 3.8) is 0 Å². The molecule has 1 unspecified atom stereocenters. The summed E-state index contributed by atoms with van der Waals surface area (Å²) in [6.07, 6.45) is 12.9. The fourth-order valence-electron chi connectivity index (χ4n) is 6.16. The van der Waals surface area contributed by atoms with E-state index in [1.165, 1.54) is 16.3 Å². The molecule has 0 amide bonds. The Kier molecular flexibility index (Phi) is 6.01. The van der Waals surface area contributed by atoms with E-state index in [0.717, 1.165) is 50.7 Å². The molecule has 210 valence electrons. The highest BCUT2D eigenvalue weighted by atomic mass is 16.5. The monoisotopic (exact) mass is 552 g/mol. The highest BCUT2D eigenvalue weighted by molar-refractivity contribution is 6.09. The summed E-state index contributed by atoms with van der Waals surface area (Å²) in [5.74, 6) is 2.56. The molecular formula is C37H36N4O. The van der Waals surface area contributed by atoms with Crippen molar-refractivity contribution in [3.8, 4) is 17.3 Å². The van der Waals surface area contributed by atoms with Gasteiger partial charge in [0.1, 0.15) is 23.5 Å². The molecule has 3 aromatic carbocycles. The number of likely N-dealkylation sites (N-methyl/N-ethyl adjacent to an activating group) is 1. The number of nitrogens with zero attached hydrogens (tertiary/aromatic N) is 4. The summed E-state index contributed by atoms with van der Waals surface area (Å²) >= 11 is 0. The number of hydrogen-bond donors (Lipinski definition) is 0. The van der Waals surface area contributed by atoms with Crippen molar-refractivity contribution in [2.45, 2.75) is 46.2 Å². The van der Waals surface area contributed by atoms with Crippen molar-refractivity contribution in [2.24, 2.45) is 0 Å². The zero-order chi connectivity index (χ0) is 29.2. The first-order chi connectivity index (χ1) is 20.2. The molecule has 0 saturated carbocycles. The van der Waals surface area contributed by atoms with Crippen molar-refractivity contribution in [2.75, 3.05) is 7.05 Å². The molecule has 0 bridgehead atoms. The molecule has 4 heterocycles. The Hall–Kier alpha value is -4.77. The zero-order valence-electron chi connectivity index (χ0n) is 25.1. The molecule has 2 aromatic heterocycles. The lowest BCUT2D eigenvalue weighted by molar-refractivity contribution is 0.282. The van der Waals surface area contributed by atoms with Gasteiger partial charge < -0.3 is 14.5 Å². The number of aryl methyl sites for hydroxylation is 2. The lowest BCUT2D eigenvalue weighted by atomic mass is 9.85. The third-order valence-electron chi connectivity index (χ3n) is 8.30. The van der Waals surface area contributed by atoms with E-state index in [1.807, 2.05) is 6.20 Å². The average molecular weight is 553 g/mol. The Morgan fingerprint density at radius 1 is 0.833 bits per heavy atom. The second kappa shape index (κ2) is 9.66. The van der Waals surface area contributed by atoms with Gasteiger partial charge >= 0.3 is 0 Å². The van der Waals surface area contributed by atoms with Crippen LogP contribution in [0.3, 0.4) is 0 Å². The number of para-hydroxylation sites is 1. The van der Waals surface area contributed by atoms with Crippen molar-refractivity contribution < 1.29 is 4.74 Å². The highest BCUT2D eigenvalue weighted by Gasteiger charge is 2.29. The molecular weight excluding hydrogens is 516 g/mol. The van der Waals surface area contributed by atoms with E-state index in [0.29, 0.717) is 0 Å². The Bertz CT molecular complexity index is 1950. The van der Waals surface area contributed by atoms with Crippen LogP contribution in [0.25, 0.3) is 33.3 Å². The van der Waals surface area contributed by atoms with Crippen molar-refractivity contribution in [1.29, 1.82) is 0 Å². The maximum atomic E-state index is 6.70. The summed E-state index contributed by atoms with van der Waals surface area (Å²) < 4.78 is 8.96. The number of allylic oxidation sites excluding steroid dienone is 2. The number of pyridine rings is 1. The van der Waals surface area contributed by atoms with Gasteiger partial charge in [0.05, 0.1) is 16.7 Å². The molecule has 2 aliphatic rings. The third-order valence-corrected chi connectivity index (χ3v) is 8.30. The first-order valence-electron chi connectivity index (χ1n) is 14.5. The van der Waals surface area contributed by atoms with Crippen LogP contribution in [-0.4, -0.2) is 32.6 Å². The molecule has 0 saturated heterocycles. The minimum absolute atomic E-state index is 0.0404. The van der Waals surface area contributed by atoms with E-state index < -0.39 is 0 Å². The largest absolute Gasteiger partial charge is 0.457 e. The van der Waals surface area contributed by atoms with Gasteiger partial charge in [0, 0.05) is 48.0 Å². The standard InChI is InChI=1S/C37H36N4O/c1-24-17-25(2)36(38-22-24)41-32-12-8-7-11-30(32)31-15-14-28(21-33(31)41)42-29-19-26(18-27(20-29)37(3,4)5)34-23-39(6)35-13-9-10-16-40(34)35/h7-23,35H,1-6H3. The second-order valence-electron chi connectivity index (χ2n) is 12.5. The second-order valence-corrected chi connectivity index (χ2v) is 12.5. The van der Waals surface area contributed by atoms with Gasteiger partial charge in [0.15, 0.2) is 0 Å². The number of benzene rings is 3. The average Bonchev–Trinajstić information content (AvgIpc) is 3.47. The van der Waals surface area contributed by atoms with Crippen LogP contribution < -0.4 is 4.74 Å². The number of ether oxygens (including phenoxy) is 1. The Morgan fingerprint density at radius 3 is 2.45 bits per heavy atom. The Morgan fingerprint density at radius 2 is 1.64 bits per heavy atom. The molecule has 5 heteroatoms. The number of hydrogen-bond acceptors (Lipinski definition) is 4. The smallest absolute Gasteiger partial charge is 0.140 e. The lowest BCUT2D eigenvalue weighted by Gasteiger charge is -2.29. The predicted octanol–water partition coefficient (Wildman–Crippen LogP) is 8.84. The maximum Gasteiger partial charge on any atom is 0.140 e. The first kappa shape index (κ1) is 26.1. The van der Waals surface area contributed by atoms with E-state index in [-0.39, 0.29) is 11.6 Å². The molecule has 5 aromatic rings. The van der Waals surface area contributed by atoms with Crippen LogP contribution in [0.1, 0.15) is 43.0 Å². The van der Waals surface area contributed by atoms with Crippen LogP contribution in [-0.2, 0) is 5.41 Å². The van der Waals surface area contributed by atoms with E-state index in [1.54, 1.807) is 0 Å². The Balaban J connectivity index is 1.35. The van der Waals surface area contributed by atoms with E-state index in [4.69, 9.17) is 9.72 Å². The minimum atomic E-state index is -0.0404. The molecule has 0 fully saturated rings. The summed E-state index contributed by atoms with van der Waals surface area (Å²) in [7, 11) is 2.12. The van der Waals surface area contributed by atoms with Crippen molar-refractivity contribution >= 4 is 27.5 Å². The quantitative estimate of drug-likeness (QED) is 0.223. The molecule has 5 nitrogen and oxygen atoms in total. The molecule has 7 rings (SSSR count). The zero-order valence-corrected chi connectivity index (χ0v) is 25.1. The molecule has 0 N–H and O–H groups in total. The summed E-state index contributed by atoms with van der Waals surface area (Å²) in [4.78, 5) is 9.42. The number of aromatic nitrogens is 2. The van der Waals surface area contributed by atoms with Gasteiger partial charge in [-0.1, -0.05) is 51.1 Å². The first-order valence-corrected chi connectivity index (χ1v) is 14.5. The molecule has 1 atom stereocenters. The normalized spacial score (nSPS) is 16.4. The summed E-state index contributed by atoms with van der Waals surface area (Å²) in [5.41, 5.74) is 8.00. The van der Waals surface area contributed by atoms with Crippen LogP contribution in [0.4, 0.5) is 0 Å². The molecule has 0 spiro atoms. The van der Waals surface area contributed by atoms with Gasteiger partial charge in [0.25, 0.3) is 0 Å². The Labute approximate surface area is 247 Å². The van der Waals surface area contributed by atoms with Crippen molar-refractivity contribution in [1.82, 2.24) is 19.4 Å². The van der Waals surface area contributed by atoms with E-state index in [9.17, 15) is 0 Å². The van der Waals surface area contributed by atoms with Gasteiger partial charge in [0.2, 0.25) is 0 Å². The van der Waals surface area contributed by atoms with E-state index in [2.05, 4.69) is 153 Å². The molecule has 42 heavy (non-hydrogen) atoms. The molecule has 2 aliphatic heterocycles. The topological polar surface area (TPSA) is 33.5 Å². The van der Waals surface area contributed by atoms with Crippen molar-refractivity contribution in [3.05, 3.63) is 126 Å². The van der Waals surface area contributed by atoms with Crippen LogP contribution in [0, 0.1) is 13.8 Å². The maximum absolute atomic E-state index is 6.70. The minimum Gasteiger partial charge on any atom is -0.457 e. The molecule has 0 radical (unpaired) electrons. The lowest BCUT2D eigenvalue weighted by Crippen LogP contribution is -2.33. The predicted molar refractivity (Wildman–Crippen MR) is 173 cm³/mol. The third kappa shape index (κ3) is 4.37. The fraction of sp³-hybridized carbons (Fsp3) is 0.216. The SMILES string of the molecule is Cc1cnc(-n2c3ccccc3c3ccc(Oc4cc(C5=CN(C)C6C=CC=CN56)cc(C(C)(C)C)c4)cc32)c(C)c1.